The molecule has 0 unspecified atom stereocenters. The van der Waals surface area contributed by atoms with Crippen LogP contribution in [0.3, 0.4) is 0 Å². The summed E-state index contributed by atoms with van der Waals surface area (Å²) >= 11 is 0. The van der Waals surface area contributed by atoms with Gasteiger partial charge in [0.1, 0.15) is 17.1 Å². The minimum atomic E-state index is -2.26. The first-order valence-corrected chi connectivity index (χ1v) is 16.8. The van der Waals surface area contributed by atoms with Crippen LogP contribution in [0, 0.1) is 0 Å². The number of hydrogen-bond acceptors (Lipinski definition) is 7. The Morgan fingerprint density at radius 2 is 1.60 bits per heavy atom. The molecule has 0 saturated carbocycles. The number of methoxy groups -OCH3 is 1. The van der Waals surface area contributed by atoms with Gasteiger partial charge in [0.25, 0.3) is 14.2 Å². The number of aliphatic imine (C=N–C) groups is 1. The van der Waals surface area contributed by atoms with Gasteiger partial charge in [0.2, 0.25) is 0 Å². The number of carbonyl (C=O) groups is 2. The van der Waals surface area contributed by atoms with Gasteiger partial charge in [-0.15, -0.1) is 0 Å². The van der Waals surface area contributed by atoms with E-state index in [-0.39, 0.29) is 11.9 Å². The lowest BCUT2D eigenvalue weighted by atomic mass is 10.0. The second-order valence-corrected chi connectivity index (χ2v) is 18.3. The largest absolute Gasteiger partial charge is 0.540 e. The molecule has 2 heterocycles. The first-order valence-electron chi connectivity index (χ1n) is 14.7. The van der Waals surface area contributed by atoms with Crippen LogP contribution in [0.1, 0.15) is 84.7 Å². The Bertz CT molecular complexity index is 1370. The molecule has 9 heteroatoms. The van der Waals surface area contributed by atoms with Gasteiger partial charge in [-0.2, -0.15) is 0 Å². The normalized spacial score (nSPS) is 16.8. The maximum atomic E-state index is 13.8. The maximum absolute atomic E-state index is 13.8. The Labute approximate surface area is 250 Å². The first kappa shape index (κ1) is 31.3. The molecule has 4 rings (SSSR count). The lowest BCUT2D eigenvalue weighted by Crippen LogP contribution is -2.50. The van der Waals surface area contributed by atoms with Crippen molar-refractivity contribution in [3.63, 3.8) is 0 Å². The number of fused-ring (bicyclic) bond motifs is 2. The van der Waals surface area contributed by atoms with Crippen molar-refractivity contribution in [1.82, 2.24) is 4.90 Å². The van der Waals surface area contributed by atoms with E-state index in [0.717, 1.165) is 11.1 Å². The average Bonchev–Trinajstić information content (AvgIpc) is 3.28. The highest BCUT2D eigenvalue weighted by molar-refractivity contribution is 6.78. The van der Waals surface area contributed by atoms with Crippen LogP contribution in [-0.2, 0) is 4.74 Å². The lowest BCUT2D eigenvalue weighted by Gasteiger charge is -2.42. The highest BCUT2D eigenvalue weighted by atomic mass is 28.4. The first-order chi connectivity index (χ1) is 19.7. The van der Waals surface area contributed by atoms with E-state index >= 15 is 0 Å². The second-order valence-electron chi connectivity index (χ2n) is 12.9. The summed E-state index contributed by atoms with van der Waals surface area (Å²) in [5.74, 6) is 1.43. The van der Waals surface area contributed by atoms with E-state index in [1.807, 2.05) is 30.6 Å². The fourth-order valence-corrected chi connectivity index (χ4v) is 11.4. The Balaban J connectivity index is 1.59. The number of carbonyl (C=O) groups excluding carboxylic acids is 2. The molecule has 0 saturated heterocycles. The number of rotatable bonds is 8. The monoisotopic (exact) mass is 592 g/mol. The van der Waals surface area contributed by atoms with E-state index in [2.05, 4.69) is 41.5 Å². The third-order valence-corrected chi connectivity index (χ3v) is 14.0. The summed E-state index contributed by atoms with van der Waals surface area (Å²) in [6.45, 7) is 18.8. The van der Waals surface area contributed by atoms with Crippen LogP contribution in [0.15, 0.2) is 47.6 Å². The molecule has 0 bridgehead atoms. The van der Waals surface area contributed by atoms with Crippen molar-refractivity contribution < 1.29 is 28.2 Å². The van der Waals surface area contributed by atoms with Gasteiger partial charge in [0.05, 0.1) is 24.4 Å². The van der Waals surface area contributed by atoms with Crippen molar-refractivity contribution in [3.05, 3.63) is 53.7 Å². The van der Waals surface area contributed by atoms with Crippen molar-refractivity contribution in [2.75, 3.05) is 7.11 Å². The number of amides is 1. The van der Waals surface area contributed by atoms with Crippen LogP contribution >= 0.6 is 0 Å². The van der Waals surface area contributed by atoms with Crippen molar-refractivity contribution in [3.8, 4) is 17.2 Å². The van der Waals surface area contributed by atoms with E-state index in [1.165, 1.54) is 0 Å². The topological polar surface area (TPSA) is 86.7 Å². The van der Waals surface area contributed by atoms with E-state index in [9.17, 15) is 9.59 Å². The zero-order valence-corrected chi connectivity index (χ0v) is 27.5. The molecule has 8 nitrogen and oxygen atoms in total. The van der Waals surface area contributed by atoms with Crippen LogP contribution in [0.25, 0.3) is 5.57 Å². The highest BCUT2D eigenvalue weighted by Crippen LogP contribution is 2.47. The van der Waals surface area contributed by atoms with Gasteiger partial charge in [-0.05, 0) is 66.7 Å². The molecule has 0 aliphatic carbocycles. The smallest absolute Gasteiger partial charge is 0.514 e. The lowest BCUT2D eigenvalue weighted by molar-refractivity contribution is 0.0206. The minimum absolute atomic E-state index is 0.141. The average molecular weight is 593 g/mol. The quantitative estimate of drug-likeness (QED) is 0.173. The van der Waals surface area contributed by atoms with Crippen molar-refractivity contribution >= 4 is 37.9 Å². The Kier molecular flexibility index (Phi) is 8.92. The highest BCUT2D eigenvalue weighted by Gasteiger charge is 2.47. The fourth-order valence-electron chi connectivity index (χ4n) is 6.19. The number of ether oxygens (including phenoxy) is 3. The maximum Gasteiger partial charge on any atom is 0.514 e. The molecule has 1 amide bonds. The second kappa shape index (κ2) is 12.0. The molecule has 2 aromatic rings. The van der Waals surface area contributed by atoms with Crippen LogP contribution < -0.4 is 13.9 Å². The molecule has 0 spiro atoms. The predicted octanol–water partition coefficient (Wildman–Crippen LogP) is 8.53. The molecule has 2 aromatic carbocycles. The molecule has 226 valence electrons. The third-order valence-electron chi connectivity index (χ3n) is 8.02. The van der Waals surface area contributed by atoms with Gasteiger partial charge in [-0.3, -0.25) is 9.79 Å². The standard InChI is InChI=1S/C33H44N2O6Si/c1-20(2)42(21(3)4,22(5)6)41-30-17-28-27(16-29(30)38-10)31(36)35-19-24(15-25(35)18-34-28)23-11-13-26(14-12-23)39-32(37)40-33(7,8)9/h11-14,16-22,25H,15H2,1-10H3/t25-/m0/s1. The van der Waals surface area contributed by atoms with E-state index < -0.39 is 20.1 Å². The zero-order chi connectivity index (χ0) is 31.0. The predicted molar refractivity (Wildman–Crippen MR) is 169 cm³/mol. The minimum Gasteiger partial charge on any atom is -0.540 e. The molecule has 42 heavy (non-hydrogen) atoms. The van der Waals surface area contributed by atoms with E-state index in [0.29, 0.717) is 51.5 Å². The summed E-state index contributed by atoms with van der Waals surface area (Å²) in [5, 5.41) is 0. The number of benzene rings is 2. The van der Waals surface area contributed by atoms with Crippen molar-refractivity contribution in [2.24, 2.45) is 4.99 Å². The van der Waals surface area contributed by atoms with Gasteiger partial charge in [-0.1, -0.05) is 53.7 Å². The summed E-state index contributed by atoms with van der Waals surface area (Å²) in [4.78, 5) is 32.3. The van der Waals surface area contributed by atoms with Crippen molar-refractivity contribution in [2.45, 2.75) is 97.0 Å². The van der Waals surface area contributed by atoms with Crippen LogP contribution in [0.4, 0.5) is 10.5 Å². The van der Waals surface area contributed by atoms with Gasteiger partial charge in [0.15, 0.2) is 5.75 Å². The Hall–Kier alpha value is -3.59. The van der Waals surface area contributed by atoms with Crippen molar-refractivity contribution in [1.29, 1.82) is 0 Å². The summed E-state index contributed by atoms with van der Waals surface area (Å²) < 4.78 is 23.2. The summed E-state index contributed by atoms with van der Waals surface area (Å²) in [6, 6.07) is 10.6. The Morgan fingerprint density at radius 3 is 2.14 bits per heavy atom. The number of hydrogen-bond donors (Lipinski definition) is 0. The van der Waals surface area contributed by atoms with Gasteiger partial charge in [-0.25, -0.2) is 4.79 Å². The van der Waals surface area contributed by atoms with Crippen LogP contribution in [0.2, 0.25) is 16.6 Å². The van der Waals surface area contributed by atoms with E-state index in [4.69, 9.17) is 23.6 Å². The molecular weight excluding hydrogens is 548 g/mol. The summed E-state index contributed by atoms with van der Waals surface area (Å²) in [7, 11) is -0.649. The molecule has 0 fully saturated rings. The summed E-state index contributed by atoms with van der Waals surface area (Å²) in [5.41, 5.74) is 3.50. The SMILES string of the molecule is COc1cc2c(cc1O[Si](C(C)C)(C(C)C)C(C)C)N=C[C@@H]1CC(c3ccc(OC(=O)OC(C)(C)C)cc3)=CN1C2=O. The molecule has 2 aliphatic heterocycles. The molecule has 0 aromatic heterocycles. The molecule has 0 N–H and O–H groups in total. The van der Waals surface area contributed by atoms with Crippen LogP contribution in [0.5, 0.6) is 17.2 Å². The molecule has 1 atom stereocenters. The number of nitrogens with zero attached hydrogens (tertiary/aromatic N) is 2. The molecule has 0 radical (unpaired) electrons. The summed E-state index contributed by atoms with van der Waals surface area (Å²) in [6.07, 6.45) is 3.57. The van der Waals surface area contributed by atoms with Crippen LogP contribution in [-0.4, -0.2) is 50.2 Å². The molecular formula is C33H44N2O6Si. The van der Waals surface area contributed by atoms with Gasteiger partial charge in [0, 0.05) is 24.9 Å². The van der Waals surface area contributed by atoms with E-state index in [1.54, 1.807) is 51.0 Å². The zero-order valence-electron chi connectivity index (χ0n) is 26.5. The Morgan fingerprint density at radius 1 is 0.976 bits per heavy atom. The third kappa shape index (κ3) is 6.26. The van der Waals surface area contributed by atoms with Gasteiger partial charge >= 0.3 is 6.16 Å². The fraction of sp³-hybridized carbons (Fsp3) is 0.485. The van der Waals surface area contributed by atoms with Gasteiger partial charge < -0.3 is 23.5 Å². The molecule has 2 aliphatic rings.